The van der Waals surface area contributed by atoms with Gasteiger partial charge in [-0.15, -0.1) is 0 Å². The number of nitrogens with zero attached hydrogens (tertiary/aromatic N) is 2. The number of benzene rings is 1. The molecule has 2 aromatic rings. The molecule has 2 N–H and O–H groups in total. The van der Waals surface area contributed by atoms with E-state index in [1.807, 2.05) is 6.07 Å². The van der Waals surface area contributed by atoms with Crippen LogP contribution in [0.2, 0.25) is 0 Å². The Morgan fingerprint density at radius 3 is 2.41 bits per heavy atom. The van der Waals surface area contributed by atoms with Gasteiger partial charge in [-0.2, -0.15) is 0 Å². The first-order chi connectivity index (χ1) is 14.1. The smallest absolute Gasteiger partial charge is 0.258 e. The highest BCUT2D eigenvalue weighted by atomic mass is 32.2. The van der Waals surface area contributed by atoms with E-state index in [0.29, 0.717) is 23.1 Å². The number of aromatic nitrogens is 2. The van der Waals surface area contributed by atoms with E-state index >= 15 is 0 Å². The van der Waals surface area contributed by atoms with Gasteiger partial charge in [-0.05, 0) is 56.0 Å². The minimum absolute atomic E-state index is 0.0206. The molecule has 7 nitrogen and oxygen atoms in total. The van der Waals surface area contributed by atoms with Crippen LogP contribution in [0.1, 0.15) is 39.0 Å². The van der Waals surface area contributed by atoms with Crippen molar-refractivity contribution in [3.8, 4) is 5.75 Å². The van der Waals surface area contributed by atoms with Crippen molar-refractivity contribution < 1.29 is 14.3 Å². The van der Waals surface area contributed by atoms with E-state index < -0.39 is 0 Å². The Kier molecular flexibility index (Phi) is 7.86. The van der Waals surface area contributed by atoms with Crippen LogP contribution in [0.25, 0.3) is 0 Å². The van der Waals surface area contributed by atoms with Crippen molar-refractivity contribution in [2.75, 3.05) is 11.9 Å². The molecule has 1 fully saturated rings. The molecule has 154 valence electrons. The van der Waals surface area contributed by atoms with Gasteiger partial charge in [0, 0.05) is 35.8 Å². The third-order valence-electron chi connectivity index (χ3n) is 4.68. The summed E-state index contributed by atoms with van der Waals surface area (Å²) < 4.78 is 5.55. The van der Waals surface area contributed by atoms with Gasteiger partial charge in [0.15, 0.2) is 11.8 Å². The summed E-state index contributed by atoms with van der Waals surface area (Å²) >= 11 is 1.71. The molecule has 1 saturated carbocycles. The molecule has 0 unspecified atom stereocenters. The summed E-state index contributed by atoms with van der Waals surface area (Å²) in [6, 6.07) is 9.01. The maximum absolute atomic E-state index is 12.2. The third-order valence-corrected chi connectivity index (χ3v) is 5.91. The quantitative estimate of drug-likeness (QED) is 0.643. The molecule has 1 aromatic heterocycles. The second-order valence-electron chi connectivity index (χ2n) is 6.91. The van der Waals surface area contributed by atoms with Crippen LogP contribution in [-0.4, -0.2) is 39.7 Å². The second kappa shape index (κ2) is 10.8. The molecule has 2 amide bonds. The van der Waals surface area contributed by atoms with Crippen LogP contribution in [-0.2, 0) is 9.59 Å². The topological polar surface area (TPSA) is 93.2 Å². The minimum Gasteiger partial charge on any atom is -0.484 e. The van der Waals surface area contributed by atoms with Crippen LogP contribution in [0.5, 0.6) is 5.75 Å². The number of ether oxygens (including phenoxy) is 1. The highest BCUT2D eigenvalue weighted by Crippen LogP contribution is 2.31. The van der Waals surface area contributed by atoms with Gasteiger partial charge in [-0.3, -0.25) is 9.59 Å². The maximum Gasteiger partial charge on any atom is 0.258 e. The zero-order chi connectivity index (χ0) is 20.5. The van der Waals surface area contributed by atoms with Crippen LogP contribution in [0.3, 0.4) is 0 Å². The average molecular weight is 415 g/mol. The summed E-state index contributed by atoms with van der Waals surface area (Å²) in [5.41, 5.74) is 0.712. The van der Waals surface area contributed by atoms with Gasteiger partial charge >= 0.3 is 0 Å². The van der Waals surface area contributed by atoms with Gasteiger partial charge in [0.2, 0.25) is 5.91 Å². The summed E-state index contributed by atoms with van der Waals surface area (Å²) in [7, 11) is 0. The molecular formula is C21H26N4O3S. The first kappa shape index (κ1) is 21.1. The summed E-state index contributed by atoms with van der Waals surface area (Å²) in [4.78, 5) is 32.1. The number of hydrogen-bond donors (Lipinski definition) is 2. The third kappa shape index (κ3) is 7.05. The van der Waals surface area contributed by atoms with Crippen molar-refractivity contribution in [3.05, 3.63) is 42.7 Å². The Hall–Kier alpha value is -2.61. The SMILES string of the molecule is CCC(=O)Nc1ccc(OCC(=O)NC2CCC(Sc3ncccn3)CC2)cc1. The Bertz CT molecular complexity index is 793. The number of anilines is 1. The molecule has 1 aliphatic carbocycles. The number of thioether (sulfide) groups is 1. The molecule has 3 rings (SSSR count). The van der Waals surface area contributed by atoms with Crippen molar-refractivity contribution in [3.63, 3.8) is 0 Å². The minimum atomic E-state index is -0.115. The molecule has 29 heavy (non-hydrogen) atoms. The highest BCUT2D eigenvalue weighted by molar-refractivity contribution is 7.99. The lowest BCUT2D eigenvalue weighted by Crippen LogP contribution is -2.40. The predicted molar refractivity (Wildman–Crippen MR) is 113 cm³/mol. The van der Waals surface area contributed by atoms with Crippen LogP contribution >= 0.6 is 11.8 Å². The zero-order valence-corrected chi connectivity index (χ0v) is 17.3. The molecule has 1 heterocycles. The number of amides is 2. The largest absolute Gasteiger partial charge is 0.484 e. The first-order valence-corrected chi connectivity index (χ1v) is 10.8. The molecule has 0 atom stereocenters. The molecule has 0 aliphatic heterocycles. The van der Waals surface area contributed by atoms with Gasteiger partial charge in [-0.1, -0.05) is 18.7 Å². The fourth-order valence-corrected chi connectivity index (χ4v) is 4.17. The van der Waals surface area contributed by atoms with Gasteiger partial charge in [-0.25, -0.2) is 9.97 Å². The van der Waals surface area contributed by atoms with E-state index in [0.717, 1.165) is 30.8 Å². The molecule has 1 aromatic carbocycles. The van der Waals surface area contributed by atoms with Crippen molar-refractivity contribution >= 4 is 29.3 Å². The summed E-state index contributed by atoms with van der Waals surface area (Å²) in [6.45, 7) is 1.78. The molecule has 0 saturated heterocycles. The average Bonchev–Trinajstić information content (AvgIpc) is 2.75. The van der Waals surface area contributed by atoms with E-state index in [1.165, 1.54) is 0 Å². The fraction of sp³-hybridized carbons (Fsp3) is 0.429. The Labute approximate surface area is 175 Å². The molecule has 0 spiro atoms. The first-order valence-electron chi connectivity index (χ1n) is 9.88. The summed E-state index contributed by atoms with van der Waals surface area (Å²) in [6.07, 6.45) is 7.90. The standard InChI is InChI=1S/C21H26N4O3S/c1-2-19(26)24-15-4-8-17(9-5-15)28-14-20(27)25-16-6-10-18(11-7-16)29-21-22-12-3-13-23-21/h3-5,8-9,12-13,16,18H,2,6-7,10-11,14H2,1H3,(H,24,26)(H,25,27). The number of nitrogens with one attached hydrogen (secondary N) is 2. The summed E-state index contributed by atoms with van der Waals surface area (Å²) in [5, 5.41) is 7.14. The molecule has 0 bridgehead atoms. The lowest BCUT2D eigenvalue weighted by molar-refractivity contribution is -0.124. The molecule has 8 heteroatoms. The monoisotopic (exact) mass is 414 g/mol. The van der Waals surface area contributed by atoms with E-state index in [9.17, 15) is 9.59 Å². The van der Waals surface area contributed by atoms with Crippen molar-refractivity contribution in [2.45, 2.75) is 55.5 Å². The second-order valence-corrected chi connectivity index (χ2v) is 8.17. The molecular weight excluding hydrogens is 388 g/mol. The number of hydrogen-bond acceptors (Lipinski definition) is 6. The number of carbonyl (C=O) groups is 2. The van der Waals surface area contributed by atoms with E-state index in [1.54, 1.807) is 55.3 Å². The highest BCUT2D eigenvalue weighted by Gasteiger charge is 2.23. The Morgan fingerprint density at radius 2 is 1.76 bits per heavy atom. The van der Waals surface area contributed by atoms with Gasteiger partial charge in [0.1, 0.15) is 5.75 Å². The fourth-order valence-electron chi connectivity index (χ4n) is 3.12. The molecule has 1 aliphatic rings. The zero-order valence-electron chi connectivity index (χ0n) is 16.5. The summed E-state index contributed by atoms with van der Waals surface area (Å²) in [5.74, 6) is 0.441. The number of rotatable bonds is 8. The van der Waals surface area contributed by atoms with Crippen LogP contribution < -0.4 is 15.4 Å². The Morgan fingerprint density at radius 1 is 1.07 bits per heavy atom. The lowest BCUT2D eigenvalue weighted by Gasteiger charge is -2.28. The number of carbonyl (C=O) groups excluding carboxylic acids is 2. The van der Waals surface area contributed by atoms with Crippen molar-refractivity contribution in [1.29, 1.82) is 0 Å². The van der Waals surface area contributed by atoms with Crippen LogP contribution in [0.15, 0.2) is 47.9 Å². The van der Waals surface area contributed by atoms with Crippen LogP contribution in [0, 0.1) is 0 Å². The van der Waals surface area contributed by atoms with Gasteiger partial charge in [0.25, 0.3) is 5.91 Å². The van der Waals surface area contributed by atoms with Gasteiger partial charge < -0.3 is 15.4 Å². The Balaban J connectivity index is 1.35. The maximum atomic E-state index is 12.2. The van der Waals surface area contributed by atoms with Crippen molar-refractivity contribution in [1.82, 2.24) is 15.3 Å². The molecule has 0 radical (unpaired) electrons. The van der Waals surface area contributed by atoms with Crippen molar-refractivity contribution in [2.24, 2.45) is 0 Å². The van der Waals surface area contributed by atoms with Crippen LogP contribution in [0.4, 0.5) is 5.69 Å². The van der Waals surface area contributed by atoms with E-state index in [4.69, 9.17) is 4.74 Å². The van der Waals surface area contributed by atoms with E-state index in [2.05, 4.69) is 20.6 Å². The van der Waals surface area contributed by atoms with E-state index in [-0.39, 0.29) is 24.5 Å². The normalized spacial score (nSPS) is 18.7. The van der Waals surface area contributed by atoms with Gasteiger partial charge in [0.05, 0.1) is 0 Å². The lowest BCUT2D eigenvalue weighted by atomic mass is 9.95. The predicted octanol–water partition coefficient (Wildman–Crippen LogP) is 3.42.